The number of benzene rings is 2. The molecule has 6 nitrogen and oxygen atoms in total. The Kier molecular flexibility index (Phi) is 7.82. The minimum absolute atomic E-state index is 0.0219. The molecule has 0 aliphatic carbocycles. The Bertz CT molecular complexity index is 1080. The molecule has 0 unspecified atom stereocenters. The van der Waals surface area contributed by atoms with Gasteiger partial charge in [0.05, 0.1) is 30.5 Å². The number of alkyl halides is 3. The quantitative estimate of drug-likeness (QED) is 0.265. The van der Waals surface area contributed by atoms with Gasteiger partial charge in [0, 0.05) is 10.9 Å². The summed E-state index contributed by atoms with van der Waals surface area (Å²) in [5.41, 5.74) is 3.69. The van der Waals surface area contributed by atoms with E-state index in [1.807, 2.05) is 0 Å². The molecule has 0 radical (unpaired) electrons. The highest BCUT2D eigenvalue weighted by Crippen LogP contribution is 2.30. The first-order valence-electron chi connectivity index (χ1n) is 9.62. The van der Waals surface area contributed by atoms with Crippen LogP contribution in [0.1, 0.15) is 29.3 Å². The standard InChI is InChI=1S/C22H20F3N3O3S/c1-2-30-20(29)11-18-14-32-21(27-18)28-26-12-16-7-3-4-9-19(16)31-13-15-6-5-8-17(10-15)22(23,24)25/h3-10,12,14H,2,11,13H2,1H3,(H,27,28). The van der Waals surface area contributed by atoms with Crippen LogP contribution in [0.4, 0.5) is 18.3 Å². The molecule has 0 saturated heterocycles. The predicted octanol–water partition coefficient (Wildman–Crippen LogP) is 5.29. The van der Waals surface area contributed by atoms with E-state index in [9.17, 15) is 18.0 Å². The number of hydrogen-bond acceptors (Lipinski definition) is 7. The van der Waals surface area contributed by atoms with Gasteiger partial charge in [-0.25, -0.2) is 4.98 Å². The number of nitrogens with one attached hydrogen (secondary N) is 1. The molecule has 0 amide bonds. The molecular formula is C22H20F3N3O3S. The third kappa shape index (κ3) is 6.81. The second-order valence-electron chi connectivity index (χ2n) is 6.52. The molecule has 0 fully saturated rings. The number of hydrogen-bond donors (Lipinski definition) is 1. The van der Waals surface area contributed by atoms with Gasteiger partial charge in [-0.15, -0.1) is 11.3 Å². The highest BCUT2D eigenvalue weighted by atomic mass is 32.1. The van der Waals surface area contributed by atoms with Crippen molar-refractivity contribution in [3.63, 3.8) is 0 Å². The minimum atomic E-state index is -4.40. The predicted molar refractivity (Wildman–Crippen MR) is 116 cm³/mol. The molecule has 32 heavy (non-hydrogen) atoms. The second kappa shape index (κ2) is 10.8. The van der Waals surface area contributed by atoms with Crippen LogP contribution in [0.15, 0.2) is 59.0 Å². The summed E-state index contributed by atoms with van der Waals surface area (Å²) in [6.07, 6.45) is -2.80. The van der Waals surface area contributed by atoms with Gasteiger partial charge in [0.2, 0.25) is 5.13 Å². The molecule has 3 rings (SSSR count). The molecule has 168 valence electrons. The van der Waals surface area contributed by atoms with E-state index in [1.54, 1.807) is 42.6 Å². The molecule has 1 heterocycles. The van der Waals surface area contributed by atoms with Crippen molar-refractivity contribution >= 4 is 28.7 Å². The van der Waals surface area contributed by atoms with E-state index < -0.39 is 11.7 Å². The number of anilines is 1. The minimum Gasteiger partial charge on any atom is -0.488 e. The number of thiazole rings is 1. The third-order valence-electron chi connectivity index (χ3n) is 4.11. The van der Waals surface area contributed by atoms with E-state index in [1.165, 1.54) is 23.6 Å². The third-order valence-corrected chi connectivity index (χ3v) is 4.91. The monoisotopic (exact) mass is 463 g/mol. The number of carbonyl (C=O) groups excluding carboxylic acids is 1. The molecule has 1 N–H and O–H groups in total. The fraction of sp³-hybridized carbons (Fsp3) is 0.227. The lowest BCUT2D eigenvalue weighted by Gasteiger charge is -2.11. The van der Waals surface area contributed by atoms with Gasteiger partial charge in [-0.1, -0.05) is 24.3 Å². The number of rotatable bonds is 9. The van der Waals surface area contributed by atoms with Crippen LogP contribution in [-0.4, -0.2) is 23.8 Å². The summed E-state index contributed by atoms with van der Waals surface area (Å²) in [6.45, 7) is 2.03. The van der Waals surface area contributed by atoms with Gasteiger partial charge in [-0.05, 0) is 36.8 Å². The molecule has 0 aliphatic heterocycles. The Balaban J connectivity index is 1.60. The number of halogens is 3. The van der Waals surface area contributed by atoms with Crippen molar-refractivity contribution in [3.05, 3.63) is 76.3 Å². The van der Waals surface area contributed by atoms with Gasteiger partial charge in [-0.2, -0.15) is 18.3 Å². The van der Waals surface area contributed by atoms with Gasteiger partial charge >= 0.3 is 12.1 Å². The van der Waals surface area contributed by atoms with Gasteiger partial charge in [-0.3, -0.25) is 10.2 Å². The Morgan fingerprint density at radius 2 is 2.03 bits per heavy atom. The number of aromatic nitrogens is 1. The van der Waals surface area contributed by atoms with E-state index >= 15 is 0 Å². The van der Waals surface area contributed by atoms with Crippen LogP contribution < -0.4 is 10.2 Å². The number of esters is 1. The molecule has 2 aromatic carbocycles. The van der Waals surface area contributed by atoms with Crippen LogP contribution in [0, 0.1) is 0 Å². The molecule has 3 aromatic rings. The second-order valence-corrected chi connectivity index (χ2v) is 7.38. The van der Waals surface area contributed by atoms with Crippen molar-refractivity contribution < 1.29 is 27.4 Å². The topological polar surface area (TPSA) is 72.8 Å². The average Bonchev–Trinajstić information content (AvgIpc) is 3.20. The average molecular weight is 463 g/mol. The van der Waals surface area contributed by atoms with Crippen LogP contribution in [0.2, 0.25) is 0 Å². The molecule has 0 aliphatic rings. The van der Waals surface area contributed by atoms with E-state index in [0.29, 0.717) is 34.3 Å². The maximum atomic E-state index is 12.9. The summed E-state index contributed by atoms with van der Waals surface area (Å²) in [6, 6.07) is 12.0. The Hall–Kier alpha value is -3.40. The normalized spacial score (nSPS) is 11.5. The molecular weight excluding hydrogens is 443 g/mol. The first-order valence-corrected chi connectivity index (χ1v) is 10.5. The summed E-state index contributed by atoms with van der Waals surface area (Å²) in [4.78, 5) is 15.8. The Morgan fingerprint density at radius 1 is 1.22 bits per heavy atom. The van der Waals surface area contributed by atoms with Crippen molar-refractivity contribution in [1.82, 2.24) is 4.98 Å². The maximum absolute atomic E-state index is 12.9. The van der Waals surface area contributed by atoms with Gasteiger partial charge < -0.3 is 9.47 Å². The molecule has 0 saturated carbocycles. The van der Waals surface area contributed by atoms with Crippen LogP contribution in [0.3, 0.4) is 0 Å². The van der Waals surface area contributed by atoms with Crippen LogP contribution in [0.5, 0.6) is 5.75 Å². The number of hydrazone groups is 1. The first kappa shape index (κ1) is 23.3. The van der Waals surface area contributed by atoms with Crippen molar-refractivity contribution in [2.75, 3.05) is 12.0 Å². The Labute approximate surface area is 186 Å². The fourth-order valence-corrected chi connectivity index (χ4v) is 3.33. The summed E-state index contributed by atoms with van der Waals surface area (Å²) >= 11 is 1.29. The van der Waals surface area contributed by atoms with Crippen molar-refractivity contribution in [1.29, 1.82) is 0 Å². The summed E-state index contributed by atoms with van der Waals surface area (Å²) in [7, 11) is 0. The van der Waals surface area contributed by atoms with Crippen LogP contribution >= 0.6 is 11.3 Å². The maximum Gasteiger partial charge on any atom is 0.416 e. The zero-order valence-electron chi connectivity index (χ0n) is 17.1. The lowest BCUT2D eigenvalue weighted by Crippen LogP contribution is -2.07. The smallest absolute Gasteiger partial charge is 0.416 e. The highest BCUT2D eigenvalue weighted by Gasteiger charge is 2.30. The molecule has 0 atom stereocenters. The van der Waals surface area contributed by atoms with Crippen molar-refractivity contribution in [3.8, 4) is 5.75 Å². The zero-order chi connectivity index (χ0) is 23.0. The lowest BCUT2D eigenvalue weighted by molar-refractivity contribution is -0.142. The first-order chi connectivity index (χ1) is 15.3. The van der Waals surface area contributed by atoms with Crippen molar-refractivity contribution in [2.45, 2.75) is 26.1 Å². The number of carbonyl (C=O) groups is 1. The largest absolute Gasteiger partial charge is 0.488 e. The SMILES string of the molecule is CCOC(=O)Cc1csc(NN=Cc2ccccc2OCc2cccc(C(F)(F)F)c2)n1. The summed E-state index contributed by atoms with van der Waals surface area (Å²) in [5.74, 6) is 0.122. The summed E-state index contributed by atoms with van der Waals surface area (Å²) < 4.78 is 49.2. The molecule has 0 bridgehead atoms. The van der Waals surface area contributed by atoms with E-state index in [-0.39, 0.29) is 19.0 Å². The molecule has 0 spiro atoms. The van der Waals surface area contributed by atoms with Crippen LogP contribution in [-0.2, 0) is 28.7 Å². The Morgan fingerprint density at radius 3 is 2.81 bits per heavy atom. The number of ether oxygens (including phenoxy) is 2. The van der Waals surface area contributed by atoms with E-state index in [4.69, 9.17) is 9.47 Å². The van der Waals surface area contributed by atoms with E-state index in [2.05, 4.69) is 15.5 Å². The summed E-state index contributed by atoms with van der Waals surface area (Å²) in [5, 5.41) is 6.37. The van der Waals surface area contributed by atoms with Gasteiger partial charge in [0.15, 0.2) is 0 Å². The fourth-order valence-electron chi connectivity index (χ4n) is 2.67. The molecule has 10 heteroatoms. The number of para-hydroxylation sites is 1. The van der Waals surface area contributed by atoms with Crippen LogP contribution in [0.25, 0.3) is 0 Å². The molecule has 1 aromatic heterocycles. The van der Waals surface area contributed by atoms with Gasteiger partial charge in [0.1, 0.15) is 12.4 Å². The highest BCUT2D eigenvalue weighted by molar-refractivity contribution is 7.13. The van der Waals surface area contributed by atoms with Gasteiger partial charge in [0.25, 0.3) is 0 Å². The van der Waals surface area contributed by atoms with Crippen molar-refractivity contribution in [2.24, 2.45) is 5.10 Å². The number of nitrogens with zero attached hydrogens (tertiary/aromatic N) is 2. The lowest BCUT2D eigenvalue weighted by atomic mass is 10.1. The zero-order valence-corrected chi connectivity index (χ0v) is 17.9. The van der Waals surface area contributed by atoms with E-state index in [0.717, 1.165) is 12.1 Å².